The lowest BCUT2D eigenvalue weighted by molar-refractivity contribution is -0.143. The van der Waals surface area contributed by atoms with Crippen molar-refractivity contribution in [1.82, 2.24) is 15.0 Å². The van der Waals surface area contributed by atoms with Crippen molar-refractivity contribution in [2.75, 3.05) is 45.5 Å². The number of hydrogen-bond acceptors (Lipinski definition) is 11. The fourth-order valence-electron chi connectivity index (χ4n) is 5.83. The Morgan fingerprint density at radius 1 is 0.895 bits per heavy atom. The van der Waals surface area contributed by atoms with Crippen molar-refractivity contribution < 1.29 is 75.0 Å². The number of carboxylic acid groups (broad SMARTS) is 3. The van der Waals surface area contributed by atoms with Crippen LogP contribution in [0.2, 0.25) is 0 Å². The van der Waals surface area contributed by atoms with E-state index >= 15 is 0 Å². The normalized spacial score (nSPS) is 16.6. The van der Waals surface area contributed by atoms with Crippen LogP contribution >= 0.6 is 0 Å². The first-order chi connectivity index (χ1) is 26.7. The Labute approximate surface area is 322 Å². The van der Waals surface area contributed by atoms with Crippen LogP contribution in [0.15, 0.2) is 36.5 Å². The molecule has 5 N–H and O–H groups in total. The molecule has 1 aliphatic rings. The summed E-state index contributed by atoms with van der Waals surface area (Å²) < 4.78 is 102. The number of rotatable bonds is 17. The van der Waals surface area contributed by atoms with Crippen LogP contribution in [-0.2, 0) is 44.3 Å². The number of halogens is 6. The molecule has 0 fully saturated rings. The van der Waals surface area contributed by atoms with Crippen LogP contribution in [0.4, 0.5) is 36.8 Å². The van der Waals surface area contributed by atoms with Crippen molar-refractivity contribution in [2.45, 2.75) is 75.8 Å². The molecule has 0 saturated heterocycles. The van der Waals surface area contributed by atoms with Gasteiger partial charge < -0.3 is 40.0 Å². The Morgan fingerprint density at radius 2 is 1.49 bits per heavy atom. The maximum Gasteiger partial charge on any atom is 0.416 e. The Bertz CT molecular complexity index is 1800. The van der Waals surface area contributed by atoms with Crippen LogP contribution < -0.4 is 20.1 Å². The van der Waals surface area contributed by atoms with E-state index in [0.29, 0.717) is 43.9 Å². The number of amides is 1. The van der Waals surface area contributed by atoms with Gasteiger partial charge in [0.05, 0.1) is 54.0 Å². The summed E-state index contributed by atoms with van der Waals surface area (Å²) in [6.45, 7) is 2.52. The number of anilines is 1. The average Bonchev–Trinajstić information content (AvgIpc) is 3.13. The quantitative estimate of drug-likeness (QED) is 0.0887. The highest BCUT2D eigenvalue weighted by molar-refractivity contribution is 5.89. The van der Waals surface area contributed by atoms with Crippen LogP contribution in [0.5, 0.6) is 11.6 Å². The highest BCUT2D eigenvalue weighted by Crippen LogP contribution is 2.44. The smallest absolute Gasteiger partial charge is 0.416 e. The zero-order valence-electron chi connectivity index (χ0n) is 31.2. The molecule has 15 nitrogen and oxygen atoms in total. The summed E-state index contributed by atoms with van der Waals surface area (Å²) in [6, 6.07) is 4.24. The van der Waals surface area contributed by atoms with Gasteiger partial charge in [0.25, 0.3) is 0 Å². The van der Waals surface area contributed by atoms with Gasteiger partial charge in [-0.2, -0.15) is 26.3 Å². The molecule has 1 aliphatic heterocycles. The summed E-state index contributed by atoms with van der Waals surface area (Å²) in [6.07, 6.45) is -9.48. The Morgan fingerprint density at radius 3 is 1.98 bits per heavy atom. The molecule has 0 saturated carbocycles. The molecule has 0 radical (unpaired) electrons. The number of benzene rings is 1. The van der Waals surface area contributed by atoms with Crippen LogP contribution in [-0.4, -0.2) is 94.6 Å². The first-order valence-corrected chi connectivity index (χ1v) is 17.4. The third kappa shape index (κ3) is 12.9. The molecule has 0 spiro atoms. The number of nitrogens with zero attached hydrogens (tertiary/aromatic N) is 4. The predicted molar refractivity (Wildman–Crippen MR) is 188 cm³/mol. The van der Waals surface area contributed by atoms with Gasteiger partial charge in [0, 0.05) is 52.1 Å². The van der Waals surface area contributed by atoms with Gasteiger partial charge in [0.15, 0.2) is 5.75 Å². The minimum atomic E-state index is -5.05. The van der Waals surface area contributed by atoms with E-state index in [-0.39, 0.29) is 79.4 Å². The molecule has 3 aromatic rings. The monoisotopic (exact) mass is 819 g/mol. The van der Waals surface area contributed by atoms with Crippen molar-refractivity contribution in [1.29, 1.82) is 0 Å². The number of alkyl halides is 6. The number of pyridine rings is 1. The van der Waals surface area contributed by atoms with Gasteiger partial charge >= 0.3 is 30.4 Å². The SMILES string of the molecule is CCC1(N)C(c2ncc(OCCOC)c(Cc3cc(C(F)(F)F)cc(C(F)(F)F)c3)n2)Cc2nc(OC)ccc2N1C(=O)O.O=C(O)CCCOCCCC(=O)O. The molecular weight excluding hydrogens is 776 g/mol. The maximum absolute atomic E-state index is 13.6. The largest absolute Gasteiger partial charge is 0.488 e. The second-order valence-corrected chi connectivity index (χ2v) is 12.6. The first-order valence-electron chi connectivity index (χ1n) is 17.4. The molecule has 2 atom stereocenters. The van der Waals surface area contributed by atoms with E-state index in [0.717, 1.165) is 4.90 Å². The predicted octanol–water partition coefficient (Wildman–Crippen LogP) is 6.16. The summed E-state index contributed by atoms with van der Waals surface area (Å²) >= 11 is 0. The van der Waals surface area contributed by atoms with Crippen molar-refractivity contribution in [3.63, 3.8) is 0 Å². The van der Waals surface area contributed by atoms with E-state index in [1.807, 2.05) is 0 Å². The molecule has 3 heterocycles. The third-order valence-electron chi connectivity index (χ3n) is 8.63. The summed E-state index contributed by atoms with van der Waals surface area (Å²) in [5.74, 6) is -2.42. The molecule has 314 valence electrons. The minimum Gasteiger partial charge on any atom is -0.488 e. The summed E-state index contributed by atoms with van der Waals surface area (Å²) in [4.78, 5) is 46.8. The molecule has 2 unspecified atom stereocenters. The van der Waals surface area contributed by atoms with Crippen molar-refractivity contribution >= 4 is 23.7 Å². The maximum atomic E-state index is 13.6. The zero-order valence-corrected chi connectivity index (χ0v) is 31.2. The van der Waals surface area contributed by atoms with Crippen molar-refractivity contribution in [2.24, 2.45) is 5.73 Å². The Balaban J connectivity index is 0.000000573. The van der Waals surface area contributed by atoms with Gasteiger partial charge in [-0.25, -0.2) is 19.7 Å². The van der Waals surface area contributed by atoms with Gasteiger partial charge in [-0.05, 0) is 49.1 Å². The van der Waals surface area contributed by atoms with Crippen molar-refractivity contribution in [3.8, 4) is 11.6 Å². The zero-order chi connectivity index (χ0) is 42.6. The van der Waals surface area contributed by atoms with E-state index in [1.54, 1.807) is 6.92 Å². The van der Waals surface area contributed by atoms with Gasteiger partial charge in [-0.3, -0.25) is 14.5 Å². The molecule has 4 rings (SSSR count). The van der Waals surface area contributed by atoms with E-state index in [9.17, 15) is 45.8 Å². The average molecular weight is 820 g/mol. The molecule has 1 amide bonds. The van der Waals surface area contributed by atoms with Crippen LogP contribution in [0.3, 0.4) is 0 Å². The number of aromatic nitrogens is 3. The highest BCUT2D eigenvalue weighted by atomic mass is 19.4. The van der Waals surface area contributed by atoms with Gasteiger partial charge in [0.1, 0.15) is 18.1 Å². The second-order valence-electron chi connectivity index (χ2n) is 12.6. The molecule has 21 heteroatoms. The lowest BCUT2D eigenvalue weighted by Crippen LogP contribution is -2.64. The Kier molecular flexibility index (Phi) is 16.4. The first kappa shape index (κ1) is 46.1. The summed E-state index contributed by atoms with van der Waals surface area (Å²) in [5.41, 5.74) is 2.34. The van der Waals surface area contributed by atoms with Gasteiger partial charge in [-0.1, -0.05) is 6.92 Å². The van der Waals surface area contributed by atoms with Crippen LogP contribution in [0, 0.1) is 0 Å². The topological polar surface area (TPSA) is 217 Å². The molecule has 2 aromatic heterocycles. The number of ether oxygens (including phenoxy) is 4. The molecule has 0 aliphatic carbocycles. The Hall–Kier alpha value is -5.28. The van der Waals surface area contributed by atoms with E-state index in [2.05, 4.69) is 15.0 Å². The third-order valence-corrected chi connectivity index (χ3v) is 8.63. The van der Waals surface area contributed by atoms with Crippen LogP contribution in [0.25, 0.3) is 0 Å². The summed E-state index contributed by atoms with van der Waals surface area (Å²) in [5, 5.41) is 26.7. The summed E-state index contributed by atoms with van der Waals surface area (Å²) in [7, 11) is 2.80. The molecule has 57 heavy (non-hydrogen) atoms. The number of aliphatic carboxylic acids is 2. The standard InChI is InChI=1S/C28H29F6N5O5.C8H14O5/c1-4-26(35)18(13-19-21(39(26)25(40)41)5-6-23(37-19)43-3)24-36-14-22(44-8-7-42-2)20(38-24)11-15-9-16(27(29,30)31)12-17(10-15)28(32,33)34;9-7(10)3-1-5-13-6-2-4-8(11)12/h5-6,9-10,12,14,18H,4,7-8,11,13,35H2,1-3H3,(H,40,41);1-6H2,(H,9,10)(H,11,12). The number of fused-ring (bicyclic) bond motifs is 1. The highest BCUT2D eigenvalue weighted by Gasteiger charge is 2.50. The fraction of sp³-hybridized carbons (Fsp3) is 0.500. The van der Waals surface area contributed by atoms with Crippen molar-refractivity contribution in [3.05, 3.63) is 70.4 Å². The lowest BCUT2D eigenvalue weighted by atomic mass is 9.80. The lowest BCUT2D eigenvalue weighted by Gasteiger charge is -2.47. The molecule has 1 aromatic carbocycles. The van der Waals surface area contributed by atoms with E-state index in [1.165, 1.54) is 32.5 Å². The minimum absolute atomic E-state index is 0.00650. The number of carboxylic acids is 2. The van der Waals surface area contributed by atoms with Gasteiger partial charge in [0.2, 0.25) is 5.88 Å². The van der Waals surface area contributed by atoms with Gasteiger partial charge in [-0.15, -0.1) is 0 Å². The number of methoxy groups -OCH3 is 2. The molecule has 0 bridgehead atoms. The number of hydrogen-bond donors (Lipinski definition) is 4. The van der Waals surface area contributed by atoms with E-state index in [4.69, 9.17) is 34.9 Å². The van der Waals surface area contributed by atoms with Crippen LogP contribution in [0.1, 0.15) is 78.8 Å². The molecular formula is C36H43F6N5O10. The number of carbonyl (C=O) groups is 3. The second kappa shape index (κ2) is 20.2. The number of nitrogens with two attached hydrogens (primary N) is 1. The van der Waals surface area contributed by atoms with E-state index < -0.39 is 59.5 Å². The fourth-order valence-corrected chi connectivity index (χ4v) is 5.83.